The van der Waals surface area contributed by atoms with Crippen molar-refractivity contribution in [2.45, 2.75) is 6.92 Å². The minimum atomic E-state index is 0.0757. The Balaban J connectivity index is 2.81. The third-order valence-corrected chi connectivity index (χ3v) is 2.31. The first-order valence-corrected chi connectivity index (χ1v) is 4.53. The SMILES string of the molecule is CNc1[nH]c2ccccc2c1C(C)=O. The lowest BCUT2D eigenvalue weighted by Crippen LogP contribution is -1.97. The molecule has 0 spiro atoms. The summed E-state index contributed by atoms with van der Waals surface area (Å²) in [4.78, 5) is 14.6. The number of carbonyl (C=O) groups is 1. The van der Waals surface area contributed by atoms with Gasteiger partial charge in [-0.2, -0.15) is 0 Å². The van der Waals surface area contributed by atoms with Crippen LogP contribution in [0, 0.1) is 0 Å². The molecule has 0 fully saturated rings. The molecule has 0 aliphatic carbocycles. The van der Waals surface area contributed by atoms with Crippen molar-refractivity contribution in [1.29, 1.82) is 0 Å². The summed E-state index contributed by atoms with van der Waals surface area (Å²) >= 11 is 0. The van der Waals surface area contributed by atoms with Crippen molar-refractivity contribution in [3.63, 3.8) is 0 Å². The van der Waals surface area contributed by atoms with E-state index in [9.17, 15) is 4.79 Å². The highest BCUT2D eigenvalue weighted by Crippen LogP contribution is 2.25. The Bertz CT molecular complexity index is 485. The van der Waals surface area contributed by atoms with E-state index in [1.54, 1.807) is 14.0 Å². The molecule has 0 unspecified atom stereocenters. The molecule has 0 radical (unpaired) electrons. The molecule has 0 amide bonds. The predicted molar refractivity (Wildman–Crippen MR) is 57.8 cm³/mol. The van der Waals surface area contributed by atoms with E-state index in [0.717, 1.165) is 22.3 Å². The molecule has 0 saturated carbocycles. The maximum Gasteiger partial charge on any atom is 0.164 e. The fraction of sp³-hybridized carbons (Fsp3) is 0.182. The van der Waals surface area contributed by atoms with Gasteiger partial charge in [0.25, 0.3) is 0 Å². The first-order chi connectivity index (χ1) is 6.74. The van der Waals surface area contributed by atoms with Gasteiger partial charge in [0, 0.05) is 18.0 Å². The Morgan fingerprint density at radius 3 is 2.71 bits per heavy atom. The van der Waals surface area contributed by atoms with Crippen molar-refractivity contribution in [3.05, 3.63) is 29.8 Å². The molecule has 2 rings (SSSR count). The molecule has 0 saturated heterocycles. The number of aromatic amines is 1. The van der Waals surface area contributed by atoms with E-state index in [-0.39, 0.29) is 5.78 Å². The van der Waals surface area contributed by atoms with Crippen LogP contribution in [0.25, 0.3) is 10.9 Å². The summed E-state index contributed by atoms with van der Waals surface area (Å²) in [7, 11) is 1.80. The van der Waals surface area contributed by atoms with Gasteiger partial charge in [-0.3, -0.25) is 4.79 Å². The minimum Gasteiger partial charge on any atom is -0.374 e. The normalized spacial score (nSPS) is 10.4. The Kier molecular flexibility index (Phi) is 2.00. The summed E-state index contributed by atoms with van der Waals surface area (Å²) in [6, 6.07) is 7.79. The average Bonchev–Trinajstić information content (AvgIpc) is 2.55. The summed E-state index contributed by atoms with van der Waals surface area (Å²) in [6.45, 7) is 1.58. The van der Waals surface area contributed by atoms with Gasteiger partial charge in [-0.1, -0.05) is 18.2 Å². The first-order valence-electron chi connectivity index (χ1n) is 4.53. The molecule has 1 heterocycles. The van der Waals surface area contributed by atoms with Gasteiger partial charge >= 0.3 is 0 Å². The summed E-state index contributed by atoms with van der Waals surface area (Å²) in [6.07, 6.45) is 0. The monoisotopic (exact) mass is 188 g/mol. The van der Waals surface area contributed by atoms with Gasteiger partial charge in [-0.15, -0.1) is 0 Å². The highest BCUT2D eigenvalue weighted by Gasteiger charge is 2.13. The smallest absolute Gasteiger partial charge is 0.164 e. The minimum absolute atomic E-state index is 0.0757. The number of ketones is 1. The first kappa shape index (κ1) is 8.81. The van der Waals surface area contributed by atoms with Crippen LogP contribution in [-0.2, 0) is 0 Å². The molecule has 0 atom stereocenters. The maximum atomic E-state index is 11.4. The van der Waals surface area contributed by atoms with E-state index >= 15 is 0 Å². The van der Waals surface area contributed by atoms with E-state index in [1.807, 2.05) is 24.3 Å². The van der Waals surface area contributed by atoms with E-state index in [2.05, 4.69) is 10.3 Å². The standard InChI is InChI=1S/C11H12N2O/c1-7(14)10-8-5-3-4-6-9(8)13-11(10)12-2/h3-6,12-13H,1-2H3. The van der Waals surface area contributed by atoms with Gasteiger partial charge in [-0.25, -0.2) is 0 Å². The highest BCUT2D eigenvalue weighted by molar-refractivity contribution is 6.11. The van der Waals surface area contributed by atoms with Crippen molar-refractivity contribution in [2.75, 3.05) is 12.4 Å². The molecular formula is C11H12N2O. The molecule has 0 aliphatic heterocycles. The Hall–Kier alpha value is -1.77. The third kappa shape index (κ3) is 1.18. The molecule has 0 bridgehead atoms. The number of fused-ring (bicyclic) bond motifs is 1. The van der Waals surface area contributed by atoms with Crippen LogP contribution in [0.2, 0.25) is 0 Å². The number of hydrogen-bond donors (Lipinski definition) is 2. The maximum absolute atomic E-state index is 11.4. The summed E-state index contributed by atoms with van der Waals surface area (Å²) in [5, 5.41) is 3.97. The molecular weight excluding hydrogens is 176 g/mol. The van der Waals surface area contributed by atoms with Gasteiger partial charge in [0.05, 0.1) is 5.56 Å². The largest absolute Gasteiger partial charge is 0.374 e. The molecule has 0 aliphatic rings. The van der Waals surface area contributed by atoms with Crippen LogP contribution in [-0.4, -0.2) is 17.8 Å². The van der Waals surface area contributed by atoms with Crippen LogP contribution in [0.5, 0.6) is 0 Å². The number of hydrogen-bond acceptors (Lipinski definition) is 2. The summed E-state index contributed by atoms with van der Waals surface area (Å²) in [5.41, 5.74) is 1.73. The Morgan fingerprint density at radius 1 is 1.36 bits per heavy atom. The number of H-pyrrole nitrogens is 1. The van der Waals surface area contributed by atoms with Crippen molar-refractivity contribution < 1.29 is 4.79 Å². The number of para-hydroxylation sites is 1. The molecule has 3 nitrogen and oxygen atoms in total. The Labute approximate surface area is 82.1 Å². The number of Topliss-reactive ketones (excluding diaryl/α,β-unsaturated/α-hetero) is 1. The zero-order chi connectivity index (χ0) is 10.1. The number of rotatable bonds is 2. The molecule has 1 aromatic heterocycles. The van der Waals surface area contributed by atoms with E-state index in [4.69, 9.17) is 0 Å². The van der Waals surface area contributed by atoms with Gasteiger partial charge in [0.1, 0.15) is 5.82 Å². The average molecular weight is 188 g/mol. The zero-order valence-corrected chi connectivity index (χ0v) is 8.22. The molecule has 2 aromatic rings. The fourth-order valence-electron chi connectivity index (χ4n) is 1.70. The zero-order valence-electron chi connectivity index (χ0n) is 8.22. The number of anilines is 1. The quantitative estimate of drug-likeness (QED) is 0.711. The van der Waals surface area contributed by atoms with E-state index in [1.165, 1.54) is 0 Å². The van der Waals surface area contributed by atoms with Gasteiger partial charge in [0.2, 0.25) is 0 Å². The van der Waals surface area contributed by atoms with Crippen molar-refractivity contribution in [2.24, 2.45) is 0 Å². The van der Waals surface area contributed by atoms with Crippen LogP contribution >= 0.6 is 0 Å². The van der Waals surface area contributed by atoms with E-state index < -0.39 is 0 Å². The van der Waals surface area contributed by atoms with Gasteiger partial charge in [0.15, 0.2) is 5.78 Å². The van der Waals surface area contributed by atoms with Gasteiger partial charge < -0.3 is 10.3 Å². The molecule has 72 valence electrons. The third-order valence-electron chi connectivity index (χ3n) is 2.31. The second-order valence-corrected chi connectivity index (χ2v) is 3.23. The van der Waals surface area contributed by atoms with Crippen molar-refractivity contribution in [3.8, 4) is 0 Å². The predicted octanol–water partition coefficient (Wildman–Crippen LogP) is 2.41. The second kappa shape index (κ2) is 3.18. The number of carbonyl (C=O) groups excluding carboxylic acids is 1. The topological polar surface area (TPSA) is 44.9 Å². The lowest BCUT2D eigenvalue weighted by Gasteiger charge is -1.98. The van der Waals surface area contributed by atoms with Crippen LogP contribution in [0.3, 0.4) is 0 Å². The van der Waals surface area contributed by atoms with Crippen LogP contribution < -0.4 is 5.32 Å². The lowest BCUT2D eigenvalue weighted by molar-refractivity contribution is 0.102. The van der Waals surface area contributed by atoms with E-state index in [0.29, 0.717) is 0 Å². The van der Waals surface area contributed by atoms with Crippen molar-refractivity contribution in [1.82, 2.24) is 4.98 Å². The molecule has 1 aromatic carbocycles. The molecule has 3 heteroatoms. The van der Waals surface area contributed by atoms with Gasteiger partial charge in [-0.05, 0) is 13.0 Å². The number of benzene rings is 1. The Morgan fingerprint density at radius 2 is 2.07 bits per heavy atom. The van der Waals surface area contributed by atoms with Crippen LogP contribution in [0.4, 0.5) is 5.82 Å². The van der Waals surface area contributed by atoms with Crippen LogP contribution in [0.1, 0.15) is 17.3 Å². The second-order valence-electron chi connectivity index (χ2n) is 3.23. The lowest BCUT2D eigenvalue weighted by atomic mass is 10.1. The number of aromatic nitrogens is 1. The number of nitrogens with one attached hydrogen (secondary N) is 2. The van der Waals surface area contributed by atoms with Crippen molar-refractivity contribution >= 4 is 22.5 Å². The summed E-state index contributed by atoms with van der Waals surface area (Å²) < 4.78 is 0. The van der Waals surface area contributed by atoms with Crippen LogP contribution in [0.15, 0.2) is 24.3 Å². The molecule has 2 N–H and O–H groups in total. The highest BCUT2D eigenvalue weighted by atomic mass is 16.1. The molecule has 14 heavy (non-hydrogen) atoms. The summed E-state index contributed by atoms with van der Waals surface area (Å²) in [5.74, 6) is 0.866. The fourth-order valence-corrected chi connectivity index (χ4v) is 1.70.